The maximum absolute atomic E-state index is 12.6. The Morgan fingerprint density at radius 1 is 1.35 bits per heavy atom. The fourth-order valence-electron chi connectivity index (χ4n) is 2.58. The first-order valence-electron chi connectivity index (χ1n) is 7.18. The molecule has 126 valence electrons. The van der Waals surface area contributed by atoms with Crippen LogP contribution in [0.2, 0.25) is 0 Å². The van der Waals surface area contributed by atoms with Gasteiger partial charge >= 0.3 is 12.1 Å². The molecule has 0 bridgehead atoms. The lowest BCUT2D eigenvalue weighted by molar-refractivity contribution is -0.144. The molecule has 0 spiro atoms. The molecule has 1 aliphatic heterocycles. The fraction of sp³-hybridized carbons (Fsp3) is 0.467. The summed E-state index contributed by atoms with van der Waals surface area (Å²) in [4.78, 5) is 24.6. The van der Waals surface area contributed by atoms with Crippen LogP contribution in [0.5, 0.6) is 0 Å². The van der Waals surface area contributed by atoms with Crippen LogP contribution < -0.4 is 5.32 Å². The van der Waals surface area contributed by atoms with Gasteiger partial charge in [-0.05, 0) is 37.6 Å². The van der Waals surface area contributed by atoms with E-state index in [2.05, 4.69) is 5.32 Å². The summed E-state index contributed by atoms with van der Waals surface area (Å²) in [7, 11) is 0. The topological polar surface area (TPSA) is 69.6 Å². The number of benzene rings is 1. The number of anilines is 1. The molecule has 0 radical (unpaired) electrons. The number of carboxylic acids is 1. The summed E-state index contributed by atoms with van der Waals surface area (Å²) in [6.07, 6.45) is -3.22. The largest absolute Gasteiger partial charge is 0.481 e. The lowest BCUT2D eigenvalue weighted by Crippen LogP contribution is -2.42. The van der Waals surface area contributed by atoms with E-state index in [9.17, 15) is 22.8 Å². The van der Waals surface area contributed by atoms with Gasteiger partial charge in [0, 0.05) is 12.2 Å². The van der Waals surface area contributed by atoms with Gasteiger partial charge in [0.15, 0.2) is 0 Å². The molecule has 1 fully saturated rings. The smallest absolute Gasteiger partial charge is 0.416 e. The lowest BCUT2D eigenvalue weighted by Gasteiger charge is -2.29. The summed E-state index contributed by atoms with van der Waals surface area (Å²) in [6, 6.07) is 4.40. The van der Waals surface area contributed by atoms with E-state index in [-0.39, 0.29) is 18.8 Å². The molecule has 8 heteroatoms. The van der Waals surface area contributed by atoms with E-state index in [1.54, 1.807) is 4.90 Å². The predicted molar refractivity (Wildman–Crippen MR) is 76.9 cm³/mol. The minimum atomic E-state index is -4.47. The summed E-state index contributed by atoms with van der Waals surface area (Å²) in [5.41, 5.74) is -0.768. The highest BCUT2D eigenvalue weighted by Crippen LogP contribution is 2.30. The molecule has 0 aromatic heterocycles. The Morgan fingerprint density at radius 2 is 2.09 bits per heavy atom. The molecular weight excluding hydrogens is 313 g/mol. The van der Waals surface area contributed by atoms with Crippen LogP contribution in [0.25, 0.3) is 0 Å². The first kappa shape index (κ1) is 17.3. The van der Waals surface area contributed by atoms with E-state index in [1.165, 1.54) is 12.1 Å². The van der Waals surface area contributed by atoms with Crippen LogP contribution >= 0.6 is 0 Å². The van der Waals surface area contributed by atoms with Crippen molar-refractivity contribution in [2.45, 2.75) is 19.0 Å². The molecule has 1 saturated heterocycles. The first-order chi connectivity index (χ1) is 10.8. The number of carbonyl (C=O) groups excluding carboxylic acids is 1. The Bertz CT molecular complexity index is 590. The average molecular weight is 330 g/mol. The Labute approximate surface area is 131 Å². The molecule has 1 heterocycles. The molecular formula is C15H17F3N2O3. The fourth-order valence-corrected chi connectivity index (χ4v) is 2.58. The van der Waals surface area contributed by atoms with Crippen molar-refractivity contribution in [3.05, 3.63) is 29.8 Å². The standard InChI is InChI=1S/C15H17F3N2O3/c16-15(17,18)11-4-1-5-12(7-11)19-13(21)9-20-6-2-3-10(8-20)14(22)23/h1,4-5,7,10H,2-3,6,8-9H2,(H,19,21)(H,22,23). The van der Waals surface area contributed by atoms with Crippen LogP contribution in [0.1, 0.15) is 18.4 Å². The van der Waals surface area contributed by atoms with Gasteiger partial charge in [-0.1, -0.05) is 6.07 Å². The number of carbonyl (C=O) groups is 2. The molecule has 1 atom stereocenters. The predicted octanol–water partition coefficient (Wildman–Crippen LogP) is 2.44. The third kappa shape index (κ3) is 4.95. The number of carboxylic acid groups (broad SMARTS) is 1. The van der Waals surface area contributed by atoms with Crippen LogP contribution in [0, 0.1) is 5.92 Å². The lowest BCUT2D eigenvalue weighted by atomic mass is 9.98. The maximum atomic E-state index is 12.6. The third-order valence-electron chi connectivity index (χ3n) is 3.70. The SMILES string of the molecule is O=C(CN1CCCC(C(=O)O)C1)Nc1cccc(C(F)(F)F)c1. The number of rotatable bonds is 4. The molecule has 1 aromatic carbocycles. The van der Waals surface area contributed by atoms with Gasteiger partial charge in [-0.3, -0.25) is 14.5 Å². The molecule has 0 saturated carbocycles. The van der Waals surface area contributed by atoms with Crippen molar-refractivity contribution in [1.29, 1.82) is 0 Å². The van der Waals surface area contributed by atoms with Gasteiger partial charge in [-0.25, -0.2) is 0 Å². The second-order valence-corrected chi connectivity index (χ2v) is 5.54. The zero-order valence-corrected chi connectivity index (χ0v) is 12.3. The van der Waals surface area contributed by atoms with Crippen molar-refractivity contribution < 1.29 is 27.9 Å². The van der Waals surface area contributed by atoms with Crippen molar-refractivity contribution in [3.63, 3.8) is 0 Å². The van der Waals surface area contributed by atoms with E-state index in [0.29, 0.717) is 19.4 Å². The molecule has 23 heavy (non-hydrogen) atoms. The number of halogens is 3. The van der Waals surface area contributed by atoms with Gasteiger partial charge in [0.2, 0.25) is 5.91 Å². The summed E-state index contributed by atoms with van der Waals surface area (Å²) in [6.45, 7) is 0.825. The van der Waals surface area contributed by atoms with E-state index in [4.69, 9.17) is 5.11 Å². The van der Waals surface area contributed by atoms with E-state index in [1.807, 2.05) is 0 Å². The van der Waals surface area contributed by atoms with E-state index in [0.717, 1.165) is 12.1 Å². The number of likely N-dealkylation sites (tertiary alicyclic amines) is 1. The van der Waals surface area contributed by atoms with Crippen molar-refractivity contribution in [1.82, 2.24) is 4.90 Å². The summed E-state index contributed by atoms with van der Waals surface area (Å²) in [5, 5.41) is 11.4. The van der Waals surface area contributed by atoms with Crippen LogP contribution in [0.15, 0.2) is 24.3 Å². The van der Waals surface area contributed by atoms with Gasteiger partial charge in [-0.2, -0.15) is 13.2 Å². The van der Waals surface area contributed by atoms with Crippen LogP contribution in [0.4, 0.5) is 18.9 Å². The Kier molecular flexibility index (Phi) is 5.25. The summed E-state index contributed by atoms with van der Waals surface area (Å²) in [5.74, 6) is -1.87. The van der Waals surface area contributed by atoms with Crippen molar-refractivity contribution in [2.24, 2.45) is 5.92 Å². The zero-order chi connectivity index (χ0) is 17.0. The van der Waals surface area contributed by atoms with Gasteiger partial charge in [-0.15, -0.1) is 0 Å². The van der Waals surface area contributed by atoms with Crippen LogP contribution in [0.3, 0.4) is 0 Å². The normalized spacial score (nSPS) is 19.3. The Balaban J connectivity index is 1.93. The maximum Gasteiger partial charge on any atom is 0.416 e. The number of alkyl halides is 3. The first-order valence-corrected chi connectivity index (χ1v) is 7.18. The number of piperidine rings is 1. The molecule has 1 aromatic rings. The van der Waals surface area contributed by atoms with Gasteiger partial charge < -0.3 is 10.4 Å². The second-order valence-electron chi connectivity index (χ2n) is 5.54. The minimum Gasteiger partial charge on any atom is -0.481 e. The summed E-state index contributed by atoms with van der Waals surface area (Å²) < 4.78 is 37.9. The number of aliphatic carboxylic acids is 1. The van der Waals surface area contributed by atoms with Crippen LogP contribution in [-0.4, -0.2) is 41.5 Å². The highest BCUT2D eigenvalue weighted by Gasteiger charge is 2.30. The monoisotopic (exact) mass is 330 g/mol. The highest BCUT2D eigenvalue weighted by atomic mass is 19.4. The highest BCUT2D eigenvalue weighted by molar-refractivity contribution is 5.92. The number of nitrogens with one attached hydrogen (secondary N) is 1. The van der Waals surface area contributed by atoms with Gasteiger partial charge in [0.25, 0.3) is 0 Å². The third-order valence-corrected chi connectivity index (χ3v) is 3.70. The molecule has 2 rings (SSSR count). The number of hydrogen-bond acceptors (Lipinski definition) is 3. The molecule has 1 amide bonds. The number of amides is 1. The second kappa shape index (κ2) is 6.99. The molecule has 1 aliphatic rings. The number of hydrogen-bond donors (Lipinski definition) is 2. The minimum absolute atomic E-state index is 0.0416. The Hall–Kier alpha value is -2.09. The number of nitrogens with zero attached hydrogens (tertiary/aromatic N) is 1. The summed E-state index contributed by atoms with van der Waals surface area (Å²) >= 11 is 0. The van der Waals surface area contributed by atoms with Crippen LogP contribution in [-0.2, 0) is 15.8 Å². The molecule has 2 N–H and O–H groups in total. The van der Waals surface area contributed by atoms with Gasteiger partial charge in [0.1, 0.15) is 0 Å². The van der Waals surface area contributed by atoms with Crippen molar-refractivity contribution >= 4 is 17.6 Å². The van der Waals surface area contributed by atoms with Crippen molar-refractivity contribution in [3.8, 4) is 0 Å². The molecule has 5 nitrogen and oxygen atoms in total. The van der Waals surface area contributed by atoms with Crippen molar-refractivity contribution in [2.75, 3.05) is 25.0 Å². The average Bonchev–Trinajstić information content (AvgIpc) is 2.46. The quantitative estimate of drug-likeness (QED) is 0.890. The molecule has 1 unspecified atom stereocenters. The molecule has 0 aliphatic carbocycles. The zero-order valence-electron chi connectivity index (χ0n) is 12.3. The van der Waals surface area contributed by atoms with Gasteiger partial charge in [0.05, 0.1) is 18.0 Å². The Morgan fingerprint density at radius 3 is 2.74 bits per heavy atom. The van der Waals surface area contributed by atoms with E-state index >= 15 is 0 Å². The van der Waals surface area contributed by atoms with E-state index < -0.39 is 29.5 Å².